The summed E-state index contributed by atoms with van der Waals surface area (Å²) in [5.41, 5.74) is 1.76. The Hall–Kier alpha value is -0.720. The molecule has 1 aliphatic heterocycles. The van der Waals surface area contributed by atoms with Crippen molar-refractivity contribution in [1.82, 2.24) is 14.7 Å². The van der Waals surface area contributed by atoms with Crippen molar-refractivity contribution in [2.45, 2.75) is 18.7 Å². The van der Waals surface area contributed by atoms with E-state index in [1.54, 1.807) is 28.4 Å². The van der Waals surface area contributed by atoms with E-state index in [1.165, 1.54) is 0 Å². The average Bonchev–Trinajstić information content (AvgIpc) is 2.79. The van der Waals surface area contributed by atoms with E-state index in [1.807, 2.05) is 6.92 Å². The largest absolute Gasteiger partial charge is 0.396 e. The summed E-state index contributed by atoms with van der Waals surface area (Å²) < 4.78 is 1.62. The number of aryl methyl sites for hydroxylation is 2. The van der Waals surface area contributed by atoms with E-state index in [0.717, 1.165) is 11.3 Å². The molecule has 1 amide bonds. The van der Waals surface area contributed by atoms with Crippen LogP contribution in [0.15, 0.2) is 0 Å². The summed E-state index contributed by atoms with van der Waals surface area (Å²) in [5.74, 6) is 0.554. The minimum absolute atomic E-state index is 0.0785. The van der Waals surface area contributed by atoms with Crippen molar-refractivity contribution in [3.63, 3.8) is 0 Å². The van der Waals surface area contributed by atoms with Crippen LogP contribution in [0.3, 0.4) is 0 Å². The Morgan fingerprint density at radius 2 is 2.33 bits per heavy atom. The number of amides is 1. The molecule has 2 heterocycles. The molecule has 18 heavy (non-hydrogen) atoms. The highest BCUT2D eigenvalue weighted by Gasteiger charge is 2.36. The molecule has 1 N–H and O–H groups in total. The highest BCUT2D eigenvalue weighted by molar-refractivity contribution is 8.00. The molecular formula is C11H16ClN3O2S. The van der Waals surface area contributed by atoms with Crippen LogP contribution < -0.4 is 0 Å². The van der Waals surface area contributed by atoms with Gasteiger partial charge in [-0.2, -0.15) is 5.10 Å². The average molecular weight is 290 g/mol. The highest BCUT2D eigenvalue weighted by atomic mass is 35.5. The maximum Gasteiger partial charge on any atom is 0.233 e. The fourth-order valence-electron chi connectivity index (χ4n) is 2.10. The van der Waals surface area contributed by atoms with E-state index in [4.69, 9.17) is 16.7 Å². The maximum absolute atomic E-state index is 11.8. The minimum atomic E-state index is -0.0785. The van der Waals surface area contributed by atoms with Gasteiger partial charge in [0.25, 0.3) is 0 Å². The number of aliphatic hydroxyl groups excluding tert-OH is 1. The van der Waals surface area contributed by atoms with E-state index < -0.39 is 0 Å². The normalized spacial score (nSPS) is 19.9. The predicted octanol–water partition coefficient (Wildman–Crippen LogP) is 1.34. The fourth-order valence-corrected chi connectivity index (χ4v) is 3.76. The van der Waals surface area contributed by atoms with Crippen molar-refractivity contribution in [3.05, 3.63) is 16.4 Å². The van der Waals surface area contributed by atoms with E-state index in [2.05, 4.69) is 5.10 Å². The van der Waals surface area contributed by atoms with Crippen molar-refractivity contribution in [3.8, 4) is 0 Å². The lowest BCUT2D eigenvalue weighted by atomic mass is 10.2. The molecule has 1 atom stereocenters. The van der Waals surface area contributed by atoms with E-state index >= 15 is 0 Å². The molecule has 1 aliphatic rings. The lowest BCUT2D eigenvalue weighted by molar-refractivity contribution is -0.128. The van der Waals surface area contributed by atoms with Gasteiger partial charge in [0.1, 0.15) is 10.5 Å². The smallest absolute Gasteiger partial charge is 0.233 e. The Labute approximate surface area is 115 Å². The van der Waals surface area contributed by atoms with Gasteiger partial charge in [0, 0.05) is 25.8 Å². The van der Waals surface area contributed by atoms with Gasteiger partial charge < -0.3 is 10.0 Å². The Kier molecular flexibility index (Phi) is 4.19. The number of thioether (sulfide) groups is 1. The standard InChI is InChI=1S/C11H16ClN3O2S/c1-7-9(10(12)14(2)13-7)11-15(4-3-5-16)8(17)6-18-11/h11,16H,3-6H2,1-2H3. The lowest BCUT2D eigenvalue weighted by Crippen LogP contribution is -2.30. The number of hydrogen-bond acceptors (Lipinski definition) is 4. The predicted molar refractivity (Wildman–Crippen MR) is 71.6 cm³/mol. The second kappa shape index (κ2) is 5.50. The molecule has 0 aliphatic carbocycles. The van der Waals surface area contributed by atoms with Crippen molar-refractivity contribution < 1.29 is 9.90 Å². The molecule has 7 heteroatoms. The van der Waals surface area contributed by atoms with Crippen LogP contribution in [0.5, 0.6) is 0 Å². The third-order valence-corrected chi connectivity index (χ3v) is 4.64. The van der Waals surface area contributed by atoms with Crippen LogP contribution in [0.2, 0.25) is 5.15 Å². The molecule has 100 valence electrons. The molecule has 0 saturated carbocycles. The number of aliphatic hydroxyl groups is 1. The van der Waals surface area contributed by atoms with Gasteiger partial charge in [-0.1, -0.05) is 11.6 Å². The lowest BCUT2D eigenvalue weighted by Gasteiger charge is -2.23. The zero-order valence-corrected chi connectivity index (χ0v) is 12.0. The van der Waals surface area contributed by atoms with Gasteiger partial charge in [-0.3, -0.25) is 9.48 Å². The maximum atomic E-state index is 11.8. The van der Waals surface area contributed by atoms with E-state index in [-0.39, 0.29) is 17.9 Å². The molecule has 0 aromatic carbocycles. The van der Waals surface area contributed by atoms with Gasteiger partial charge in [0.2, 0.25) is 5.91 Å². The first-order valence-electron chi connectivity index (χ1n) is 5.77. The zero-order chi connectivity index (χ0) is 13.3. The molecule has 0 radical (unpaired) electrons. The van der Waals surface area contributed by atoms with Gasteiger partial charge in [0.15, 0.2) is 0 Å². The molecule has 1 unspecified atom stereocenters. The number of hydrogen-bond donors (Lipinski definition) is 1. The summed E-state index contributed by atoms with van der Waals surface area (Å²) in [7, 11) is 1.79. The molecule has 0 bridgehead atoms. The number of carbonyl (C=O) groups is 1. The first-order valence-corrected chi connectivity index (χ1v) is 7.20. The highest BCUT2D eigenvalue weighted by Crippen LogP contribution is 2.42. The summed E-state index contributed by atoms with van der Waals surface area (Å²) in [4.78, 5) is 13.6. The van der Waals surface area contributed by atoms with Crippen molar-refractivity contribution in [2.75, 3.05) is 18.9 Å². The summed E-state index contributed by atoms with van der Waals surface area (Å²) in [6, 6.07) is 0. The summed E-state index contributed by atoms with van der Waals surface area (Å²) >= 11 is 7.80. The molecule has 1 aromatic heterocycles. The third kappa shape index (κ3) is 2.37. The van der Waals surface area contributed by atoms with Crippen molar-refractivity contribution >= 4 is 29.3 Å². The molecule has 1 fully saturated rings. The molecule has 2 rings (SSSR count). The number of nitrogens with zero attached hydrogens (tertiary/aromatic N) is 3. The Morgan fingerprint density at radius 1 is 1.61 bits per heavy atom. The van der Waals surface area contributed by atoms with Crippen LogP contribution in [-0.2, 0) is 11.8 Å². The fraction of sp³-hybridized carbons (Fsp3) is 0.636. The first kappa shape index (κ1) is 13.7. The number of aromatic nitrogens is 2. The molecular weight excluding hydrogens is 274 g/mol. The van der Waals surface area contributed by atoms with E-state index in [9.17, 15) is 4.79 Å². The number of halogens is 1. The van der Waals surface area contributed by atoms with E-state index in [0.29, 0.717) is 23.9 Å². The minimum Gasteiger partial charge on any atom is -0.396 e. The van der Waals surface area contributed by atoms with Crippen LogP contribution in [0.25, 0.3) is 0 Å². The SMILES string of the molecule is Cc1nn(C)c(Cl)c1C1SCC(=O)N1CCCO. The number of rotatable bonds is 4. The Balaban J connectivity index is 2.28. The topological polar surface area (TPSA) is 58.4 Å². The molecule has 0 spiro atoms. The van der Waals surface area contributed by atoms with Gasteiger partial charge in [-0.25, -0.2) is 0 Å². The monoisotopic (exact) mass is 289 g/mol. The van der Waals surface area contributed by atoms with Gasteiger partial charge in [0.05, 0.1) is 11.4 Å². The van der Waals surface area contributed by atoms with Crippen LogP contribution in [-0.4, -0.2) is 44.6 Å². The molecule has 5 nitrogen and oxygen atoms in total. The second-order valence-corrected chi connectivity index (χ2v) is 5.67. The Bertz CT molecular complexity index is 463. The summed E-state index contributed by atoms with van der Waals surface area (Å²) in [6.07, 6.45) is 0.583. The first-order chi connectivity index (χ1) is 8.56. The van der Waals surface area contributed by atoms with Crippen LogP contribution in [0.1, 0.15) is 23.1 Å². The number of carbonyl (C=O) groups excluding carboxylic acids is 1. The zero-order valence-electron chi connectivity index (χ0n) is 10.4. The molecule has 1 saturated heterocycles. The quantitative estimate of drug-likeness (QED) is 0.909. The second-order valence-electron chi connectivity index (χ2n) is 4.24. The Morgan fingerprint density at radius 3 is 2.89 bits per heavy atom. The van der Waals surface area contributed by atoms with Gasteiger partial charge in [-0.15, -0.1) is 11.8 Å². The van der Waals surface area contributed by atoms with Crippen LogP contribution in [0.4, 0.5) is 0 Å². The van der Waals surface area contributed by atoms with Gasteiger partial charge in [-0.05, 0) is 13.3 Å². The van der Waals surface area contributed by atoms with Crippen molar-refractivity contribution in [1.29, 1.82) is 0 Å². The summed E-state index contributed by atoms with van der Waals surface area (Å²) in [5, 5.41) is 13.7. The third-order valence-electron chi connectivity index (χ3n) is 2.97. The van der Waals surface area contributed by atoms with Crippen molar-refractivity contribution in [2.24, 2.45) is 7.05 Å². The molecule has 1 aromatic rings. The van der Waals surface area contributed by atoms with Crippen LogP contribution >= 0.6 is 23.4 Å². The summed E-state index contributed by atoms with van der Waals surface area (Å²) in [6.45, 7) is 2.54. The van der Waals surface area contributed by atoms with Crippen LogP contribution in [0, 0.1) is 6.92 Å². The van der Waals surface area contributed by atoms with Gasteiger partial charge >= 0.3 is 0 Å².